The zero-order valence-electron chi connectivity index (χ0n) is 11.1. The van der Waals surface area contributed by atoms with Crippen LogP contribution in [-0.4, -0.2) is 24.9 Å². The Labute approximate surface area is 144 Å². The Bertz CT molecular complexity index is 744. The Kier molecular flexibility index (Phi) is 5.61. The summed E-state index contributed by atoms with van der Waals surface area (Å²) < 4.78 is 28.0. The molecule has 0 saturated carbocycles. The lowest BCUT2D eigenvalue weighted by Crippen LogP contribution is -2.26. The molecule has 0 bridgehead atoms. The van der Waals surface area contributed by atoms with Crippen LogP contribution >= 0.6 is 43.2 Å². The molecule has 0 fully saturated rings. The highest BCUT2D eigenvalue weighted by atomic mass is 79.9. The van der Waals surface area contributed by atoms with Gasteiger partial charge in [-0.25, -0.2) is 8.42 Å². The fourth-order valence-corrected chi connectivity index (χ4v) is 5.11. The monoisotopic (exact) mass is 453 g/mol. The van der Waals surface area contributed by atoms with Gasteiger partial charge in [-0.2, -0.15) is 4.31 Å². The van der Waals surface area contributed by atoms with Crippen LogP contribution in [0.5, 0.6) is 0 Å². The summed E-state index contributed by atoms with van der Waals surface area (Å²) in [5.41, 5.74) is 1.48. The molecule has 0 amide bonds. The summed E-state index contributed by atoms with van der Waals surface area (Å²) in [6.45, 7) is 0.0945. The van der Waals surface area contributed by atoms with Crippen molar-refractivity contribution in [3.63, 3.8) is 0 Å². The van der Waals surface area contributed by atoms with Gasteiger partial charge in [-0.15, -0.1) is 11.3 Å². The van der Waals surface area contributed by atoms with Crippen molar-refractivity contribution in [3.8, 4) is 0 Å². The van der Waals surface area contributed by atoms with Gasteiger partial charge in [-0.3, -0.25) is 0 Å². The van der Waals surface area contributed by atoms with Gasteiger partial charge in [-0.1, -0.05) is 6.07 Å². The Morgan fingerprint density at radius 1 is 1.24 bits per heavy atom. The maximum Gasteiger partial charge on any atom is 0.244 e. The summed E-state index contributed by atoms with van der Waals surface area (Å²) in [7, 11) is -2.09. The Balaban J connectivity index is 2.32. The molecular formula is C13H13Br2NO3S2. The minimum Gasteiger partial charge on any atom is -0.392 e. The molecule has 1 aromatic carbocycles. The largest absolute Gasteiger partial charge is 0.392 e. The van der Waals surface area contributed by atoms with Gasteiger partial charge < -0.3 is 5.11 Å². The molecule has 2 aromatic rings. The molecule has 1 N–H and O–H groups in total. The van der Waals surface area contributed by atoms with E-state index in [2.05, 4.69) is 31.9 Å². The Morgan fingerprint density at radius 3 is 2.52 bits per heavy atom. The second-order valence-electron chi connectivity index (χ2n) is 4.44. The number of rotatable bonds is 5. The van der Waals surface area contributed by atoms with Crippen molar-refractivity contribution < 1.29 is 13.5 Å². The normalized spacial score (nSPS) is 12.0. The first-order valence-corrected chi connectivity index (χ1v) is 9.83. The van der Waals surface area contributed by atoms with Crippen molar-refractivity contribution in [1.29, 1.82) is 0 Å². The third kappa shape index (κ3) is 3.94. The molecule has 8 heteroatoms. The van der Waals surface area contributed by atoms with Crippen LogP contribution in [0.2, 0.25) is 0 Å². The van der Waals surface area contributed by atoms with E-state index in [-0.39, 0.29) is 11.5 Å². The second-order valence-corrected chi connectivity index (χ2v) is 9.60. The Hall–Kier alpha value is -0.250. The molecule has 0 saturated heterocycles. The summed E-state index contributed by atoms with van der Waals surface area (Å²) >= 11 is 8.14. The zero-order valence-corrected chi connectivity index (χ0v) is 15.9. The van der Waals surface area contributed by atoms with Crippen LogP contribution in [0.1, 0.15) is 11.1 Å². The molecule has 0 aliphatic rings. The number of hydrogen-bond acceptors (Lipinski definition) is 4. The first-order valence-electron chi connectivity index (χ1n) is 5.93. The van der Waals surface area contributed by atoms with Crippen LogP contribution < -0.4 is 0 Å². The minimum atomic E-state index is -3.63. The van der Waals surface area contributed by atoms with Crippen LogP contribution in [0.4, 0.5) is 0 Å². The lowest BCUT2D eigenvalue weighted by Gasteiger charge is -2.18. The summed E-state index contributed by atoms with van der Waals surface area (Å²) in [5.74, 6) is 0. The van der Waals surface area contributed by atoms with E-state index in [4.69, 9.17) is 5.11 Å². The number of halogens is 2. The molecule has 0 aliphatic carbocycles. The average Bonchev–Trinajstić information content (AvgIpc) is 2.84. The maximum absolute atomic E-state index is 12.6. The molecule has 114 valence electrons. The van der Waals surface area contributed by atoms with Gasteiger partial charge in [0, 0.05) is 18.1 Å². The lowest BCUT2D eigenvalue weighted by atomic mass is 10.2. The zero-order chi connectivity index (χ0) is 15.6. The van der Waals surface area contributed by atoms with Crippen LogP contribution in [0.25, 0.3) is 0 Å². The predicted molar refractivity (Wildman–Crippen MR) is 90.7 cm³/mol. The number of thiophene rings is 1. The fourth-order valence-electron chi connectivity index (χ4n) is 1.78. The van der Waals surface area contributed by atoms with Crippen LogP contribution in [-0.2, 0) is 23.2 Å². The summed E-state index contributed by atoms with van der Waals surface area (Å²) in [5, 5.41) is 11.1. The van der Waals surface area contributed by atoms with E-state index in [0.29, 0.717) is 16.6 Å². The molecule has 2 rings (SSSR count). The number of aliphatic hydroxyl groups excluding tert-OH is 1. The second kappa shape index (κ2) is 6.89. The van der Waals surface area contributed by atoms with Crippen LogP contribution in [0.3, 0.4) is 0 Å². The molecule has 0 aliphatic heterocycles. The number of aliphatic hydroxyl groups is 1. The lowest BCUT2D eigenvalue weighted by molar-refractivity contribution is 0.281. The number of nitrogens with zero attached hydrogens (tertiary/aromatic N) is 1. The maximum atomic E-state index is 12.6. The van der Waals surface area contributed by atoms with Gasteiger partial charge >= 0.3 is 0 Å². The van der Waals surface area contributed by atoms with Crippen molar-refractivity contribution in [2.75, 3.05) is 7.05 Å². The van der Waals surface area contributed by atoms with Gasteiger partial charge in [0.2, 0.25) is 10.0 Å². The van der Waals surface area contributed by atoms with E-state index in [1.54, 1.807) is 19.2 Å². The summed E-state index contributed by atoms with van der Waals surface area (Å²) in [4.78, 5) is 0.158. The molecular weight excluding hydrogens is 442 g/mol. The first-order chi connectivity index (χ1) is 9.84. The van der Waals surface area contributed by atoms with Gasteiger partial charge in [0.1, 0.15) is 0 Å². The third-order valence-corrected chi connectivity index (χ3v) is 7.24. The molecule has 0 spiro atoms. The minimum absolute atomic E-state index is 0.158. The Morgan fingerprint density at radius 2 is 1.95 bits per heavy atom. The van der Waals surface area contributed by atoms with E-state index in [9.17, 15) is 8.42 Å². The van der Waals surface area contributed by atoms with Crippen molar-refractivity contribution in [2.45, 2.75) is 18.0 Å². The van der Waals surface area contributed by atoms with Gasteiger partial charge in [0.05, 0.1) is 15.3 Å². The van der Waals surface area contributed by atoms with Gasteiger partial charge in [-0.05, 0) is 66.6 Å². The highest BCUT2D eigenvalue weighted by molar-refractivity contribution is 9.11. The van der Waals surface area contributed by atoms with Gasteiger partial charge in [0.15, 0.2) is 0 Å². The van der Waals surface area contributed by atoms with Crippen molar-refractivity contribution in [2.24, 2.45) is 0 Å². The van der Waals surface area contributed by atoms with Crippen molar-refractivity contribution >= 4 is 53.2 Å². The highest BCUT2D eigenvalue weighted by Gasteiger charge is 2.24. The SMILES string of the molecule is CN(Cc1csc(Br)c1)S(=O)(=O)c1cc(CO)ccc1Br. The van der Waals surface area contributed by atoms with Crippen molar-refractivity contribution in [1.82, 2.24) is 4.31 Å². The molecule has 4 nitrogen and oxygen atoms in total. The quantitative estimate of drug-likeness (QED) is 0.750. The third-order valence-electron chi connectivity index (χ3n) is 2.89. The number of benzene rings is 1. The molecule has 0 unspecified atom stereocenters. The van der Waals surface area contributed by atoms with Gasteiger partial charge in [0.25, 0.3) is 0 Å². The standard InChI is InChI=1S/C13H13Br2NO3S2/c1-16(6-10-5-13(15)20-8-10)21(18,19)12-4-9(7-17)2-3-11(12)14/h2-5,8,17H,6-7H2,1H3. The molecule has 0 radical (unpaired) electrons. The van der Waals surface area contributed by atoms with E-state index < -0.39 is 10.0 Å². The summed E-state index contributed by atoms with van der Waals surface area (Å²) in [6, 6.07) is 6.70. The fraction of sp³-hybridized carbons (Fsp3) is 0.231. The molecule has 1 aromatic heterocycles. The van der Waals surface area contributed by atoms with E-state index in [0.717, 1.165) is 9.35 Å². The molecule has 21 heavy (non-hydrogen) atoms. The van der Waals surface area contributed by atoms with Crippen LogP contribution in [0.15, 0.2) is 42.8 Å². The highest BCUT2D eigenvalue weighted by Crippen LogP contribution is 2.28. The predicted octanol–water partition coefficient (Wildman–Crippen LogP) is 3.59. The van der Waals surface area contributed by atoms with E-state index >= 15 is 0 Å². The first kappa shape index (κ1) is 17.1. The number of sulfonamides is 1. The molecule has 1 heterocycles. The smallest absolute Gasteiger partial charge is 0.244 e. The van der Waals surface area contributed by atoms with Crippen LogP contribution in [0, 0.1) is 0 Å². The average molecular weight is 455 g/mol. The number of hydrogen-bond donors (Lipinski definition) is 1. The topological polar surface area (TPSA) is 57.6 Å². The van der Waals surface area contributed by atoms with Crippen molar-refractivity contribution in [3.05, 3.63) is 49.0 Å². The summed E-state index contributed by atoms with van der Waals surface area (Å²) in [6.07, 6.45) is 0. The van der Waals surface area contributed by atoms with E-state index in [1.165, 1.54) is 21.7 Å². The molecule has 0 atom stereocenters. The van der Waals surface area contributed by atoms with E-state index in [1.807, 2.05) is 11.4 Å².